The van der Waals surface area contributed by atoms with Crippen LogP contribution in [0.25, 0.3) is 6.08 Å². The molecule has 1 rings (SSSR count). The summed E-state index contributed by atoms with van der Waals surface area (Å²) >= 11 is 0. The molecule has 0 aliphatic rings. The van der Waals surface area contributed by atoms with E-state index in [2.05, 4.69) is 19.7 Å². The number of carbonyl (C=O) groups excluding carboxylic acids is 1. The predicted octanol–water partition coefficient (Wildman–Crippen LogP) is 4.45. The lowest BCUT2D eigenvalue weighted by atomic mass is 10.1. The monoisotopic (exact) mass is 240 g/mol. The Labute approximate surface area is 110 Å². The molecule has 1 aromatic carbocycles. The second-order valence-electron chi connectivity index (χ2n) is 3.61. The number of hydrogen-bond donors (Lipinski definition) is 0. The minimum absolute atomic E-state index is 0.105. The van der Waals surface area contributed by atoms with Gasteiger partial charge in [-0.2, -0.15) is 0 Å². The van der Waals surface area contributed by atoms with Crippen molar-refractivity contribution in [1.29, 1.82) is 0 Å². The molecule has 0 amide bonds. The molecule has 18 heavy (non-hydrogen) atoms. The standard InChI is InChI=1S/C9H12O.C8H8/c1-4-6-7-9(5-2)8(3)10;1-2-8-6-4-3-5-7-8/h4-7,9H,1-2H2,3H3;2-7H,1H2. The number of Topliss-reactive ketones (excluding diaryl/α,β-unsaturated/α-hetero) is 1. The Bertz CT molecular complexity index is 412. The normalized spacial score (nSPS) is 10.9. The maximum Gasteiger partial charge on any atom is 0.140 e. The van der Waals surface area contributed by atoms with E-state index in [0.717, 1.165) is 0 Å². The zero-order valence-electron chi connectivity index (χ0n) is 10.9. The number of allylic oxidation sites excluding steroid dienone is 4. The molecule has 0 radical (unpaired) electrons. The van der Waals surface area contributed by atoms with Gasteiger partial charge in [0.25, 0.3) is 0 Å². The summed E-state index contributed by atoms with van der Waals surface area (Å²) in [7, 11) is 0. The highest BCUT2D eigenvalue weighted by atomic mass is 16.1. The highest BCUT2D eigenvalue weighted by molar-refractivity contribution is 5.81. The van der Waals surface area contributed by atoms with Gasteiger partial charge in [0.2, 0.25) is 0 Å². The van der Waals surface area contributed by atoms with Crippen LogP contribution in [0.1, 0.15) is 12.5 Å². The molecule has 0 heterocycles. The Morgan fingerprint density at radius 3 is 2.11 bits per heavy atom. The zero-order valence-corrected chi connectivity index (χ0v) is 10.9. The van der Waals surface area contributed by atoms with Gasteiger partial charge in [-0.05, 0) is 12.5 Å². The van der Waals surface area contributed by atoms with Gasteiger partial charge in [0.15, 0.2) is 0 Å². The minimum Gasteiger partial charge on any atom is -0.299 e. The molecule has 1 heteroatoms. The minimum atomic E-state index is -0.155. The molecule has 1 atom stereocenters. The van der Waals surface area contributed by atoms with Gasteiger partial charge in [0.1, 0.15) is 5.78 Å². The summed E-state index contributed by atoms with van der Waals surface area (Å²) in [6.07, 6.45) is 8.60. The van der Waals surface area contributed by atoms with E-state index in [1.807, 2.05) is 36.4 Å². The number of rotatable bonds is 5. The molecule has 94 valence electrons. The second kappa shape index (κ2) is 10.0. The Kier molecular flexibility index (Phi) is 8.83. The number of benzene rings is 1. The molecular formula is C17H20O. The van der Waals surface area contributed by atoms with Crippen LogP contribution in [0.2, 0.25) is 0 Å². The molecule has 0 aliphatic carbocycles. The van der Waals surface area contributed by atoms with Gasteiger partial charge < -0.3 is 0 Å². The van der Waals surface area contributed by atoms with Crippen LogP contribution in [0.3, 0.4) is 0 Å². The highest BCUT2D eigenvalue weighted by Gasteiger charge is 2.02. The Hall–Kier alpha value is -2.15. The van der Waals surface area contributed by atoms with Crippen molar-refractivity contribution in [1.82, 2.24) is 0 Å². The molecule has 1 unspecified atom stereocenters. The summed E-state index contributed by atoms with van der Waals surface area (Å²) < 4.78 is 0. The van der Waals surface area contributed by atoms with Crippen LogP contribution in [0, 0.1) is 5.92 Å². The predicted molar refractivity (Wildman–Crippen MR) is 80.2 cm³/mol. The molecule has 1 aromatic rings. The number of hydrogen-bond acceptors (Lipinski definition) is 1. The van der Waals surface area contributed by atoms with Crippen molar-refractivity contribution < 1.29 is 4.79 Å². The molecule has 1 nitrogen and oxygen atoms in total. The van der Waals surface area contributed by atoms with E-state index in [0.29, 0.717) is 0 Å². The van der Waals surface area contributed by atoms with Gasteiger partial charge in [-0.1, -0.05) is 73.9 Å². The van der Waals surface area contributed by atoms with Gasteiger partial charge in [0, 0.05) is 0 Å². The maximum atomic E-state index is 10.7. The topological polar surface area (TPSA) is 17.1 Å². The van der Waals surface area contributed by atoms with E-state index in [4.69, 9.17) is 0 Å². The zero-order chi connectivity index (χ0) is 13.8. The van der Waals surface area contributed by atoms with E-state index < -0.39 is 0 Å². The van der Waals surface area contributed by atoms with E-state index in [1.165, 1.54) is 5.56 Å². The third-order valence-corrected chi connectivity index (χ3v) is 2.21. The van der Waals surface area contributed by atoms with E-state index in [9.17, 15) is 4.79 Å². The van der Waals surface area contributed by atoms with Crippen molar-refractivity contribution in [3.8, 4) is 0 Å². The Morgan fingerprint density at radius 2 is 1.78 bits per heavy atom. The van der Waals surface area contributed by atoms with Crippen molar-refractivity contribution in [2.24, 2.45) is 5.92 Å². The fourth-order valence-corrected chi connectivity index (χ4v) is 1.17. The summed E-state index contributed by atoms with van der Waals surface area (Å²) in [4.78, 5) is 10.7. The summed E-state index contributed by atoms with van der Waals surface area (Å²) in [5.41, 5.74) is 1.17. The van der Waals surface area contributed by atoms with Crippen LogP contribution < -0.4 is 0 Å². The summed E-state index contributed by atoms with van der Waals surface area (Å²) in [5, 5.41) is 0. The molecular weight excluding hydrogens is 220 g/mol. The molecule has 0 spiro atoms. The first-order valence-corrected chi connectivity index (χ1v) is 5.75. The number of ketones is 1. The van der Waals surface area contributed by atoms with Gasteiger partial charge in [-0.3, -0.25) is 4.79 Å². The van der Waals surface area contributed by atoms with Crippen LogP contribution in [-0.2, 0) is 4.79 Å². The lowest BCUT2D eigenvalue weighted by Gasteiger charge is -1.98. The van der Waals surface area contributed by atoms with Crippen LogP contribution in [0.4, 0.5) is 0 Å². The summed E-state index contributed by atoms with van der Waals surface area (Å²) in [6.45, 7) is 12.2. The van der Waals surface area contributed by atoms with Gasteiger partial charge in [-0.15, -0.1) is 6.58 Å². The molecule has 0 bridgehead atoms. The average Bonchev–Trinajstić information content (AvgIpc) is 2.41. The van der Waals surface area contributed by atoms with Crippen molar-refractivity contribution in [3.05, 3.63) is 79.9 Å². The van der Waals surface area contributed by atoms with E-state index in [1.54, 1.807) is 31.2 Å². The maximum absolute atomic E-state index is 10.7. The Balaban J connectivity index is 0.000000327. The third kappa shape index (κ3) is 7.18. The largest absolute Gasteiger partial charge is 0.299 e. The van der Waals surface area contributed by atoms with Gasteiger partial charge in [-0.25, -0.2) is 0 Å². The van der Waals surface area contributed by atoms with Crippen LogP contribution in [-0.4, -0.2) is 5.78 Å². The van der Waals surface area contributed by atoms with Crippen molar-refractivity contribution in [3.63, 3.8) is 0 Å². The highest BCUT2D eigenvalue weighted by Crippen LogP contribution is 2.00. The van der Waals surface area contributed by atoms with Crippen molar-refractivity contribution in [2.45, 2.75) is 6.92 Å². The summed E-state index contributed by atoms with van der Waals surface area (Å²) in [6, 6.07) is 10.0. The summed E-state index contributed by atoms with van der Waals surface area (Å²) in [5.74, 6) is -0.0499. The van der Waals surface area contributed by atoms with Gasteiger partial charge >= 0.3 is 0 Å². The van der Waals surface area contributed by atoms with Crippen molar-refractivity contribution >= 4 is 11.9 Å². The fraction of sp³-hybridized carbons (Fsp3) is 0.118. The molecule has 0 N–H and O–H groups in total. The van der Waals surface area contributed by atoms with Crippen LogP contribution >= 0.6 is 0 Å². The molecule has 0 aromatic heterocycles. The first-order valence-electron chi connectivity index (χ1n) is 5.75. The Morgan fingerprint density at radius 1 is 1.17 bits per heavy atom. The third-order valence-electron chi connectivity index (χ3n) is 2.21. The lowest BCUT2D eigenvalue weighted by molar-refractivity contribution is -0.118. The first kappa shape index (κ1) is 15.9. The average molecular weight is 240 g/mol. The molecule has 0 saturated carbocycles. The second-order valence-corrected chi connectivity index (χ2v) is 3.61. The molecule has 0 aliphatic heterocycles. The van der Waals surface area contributed by atoms with E-state index in [-0.39, 0.29) is 11.7 Å². The SMILES string of the molecule is C=CC=CC(C=C)C(C)=O.C=Cc1ccccc1. The van der Waals surface area contributed by atoms with E-state index >= 15 is 0 Å². The molecule has 0 fully saturated rings. The first-order chi connectivity index (χ1) is 8.65. The molecule has 0 saturated heterocycles. The quantitative estimate of drug-likeness (QED) is 0.549. The van der Waals surface area contributed by atoms with Crippen LogP contribution in [0.15, 0.2) is 74.4 Å². The smallest absolute Gasteiger partial charge is 0.140 e. The van der Waals surface area contributed by atoms with Crippen LogP contribution in [0.5, 0.6) is 0 Å². The van der Waals surface area contributed by atoms with Crippen molar-refractivity contribution in [2.75, 3.05) is 0 Å². The lowest BCUT2D eigenvalue weighted by Crippen LogP contribution is -2.02. The van der Waals surface area contributed by atoms with Gasteiger partial charge in [0.05, 0.1) is 5.92 Å². The number of carbonyl (C=O) groups is 1. The fourth-order valence-electron chi connectivity index (χ4n) is 1.17.